The average molecular weight is 270 g/mol. The van der Waals surface area contributed by atoms with Gasteiger partial charge in [0.1, 0.15) is 5.54 Å². The minimum Gasteiger partial charge on any atom is -0.367 e. The fraction of sp³-hybridized carbons (Fsp3) is 0.611. The van der Waals surface area contributed by atoms with Crippen LogP contribution in [0.25, 0.3) is 0 Å². The van der Waals surface area contributed by atoms with Crippen molar-refractivity contribution in [2.75, 3.05) is 5.32 Å². The Morgan fingerprint density at radius 1 is 0.950 bits per heavy atom. The van der Waals surface area contributed by atoms with Gasteiger partial charge in [0.05, 0.1) is 6.07 Å². The standard InChI is InChI=1S/C18H26N2/c1-14-6-8-15(9-7-14)20-18(13-19)11-16(2,3)10-17(4,5)12-18/h6-9,20H,10-12H2,1-5H3. The molecule has 1 fully saturated rings. The van der Waals surface area contributed by atoms with Gasteiger partial charge in [-0.1, -0.05) is 45.4 Å². The molecular formula is C18H26N2. The van der Waals surface area contributed by atoms with Crippen molar-refractivity contribution in [1.82, 2.24) is 0 Å². The minimum atomic E-state index is -0.458. The maximum Gasteiger partial charge on any atom is 0.126 e. The molecule has 0 aliphatic heterocycles. The van der Waals surface area contributed by atoms with Gasteiger partial charge in [-0.2, -0.15) is 5.26 Å². The number of nitrogens with zero attached hydrogens (tertiary/aromatic N) is 1. The summed E-state index contributed by atoms with van der Waals surface area (Å²) in [6.07, 6.45) is 2.96. The number of nitrogens with one attached hydrogen (secondary N) is 1. The Balaban J connectivity index is 2.29. The molecule has 0 amide bonds. The van der Waals surface area contributed by atoms with E-state index in [2.05, 4.69) is 70.3 Å². The van der Waals surface area contributed by atoms with Crippen molar-refractivity contribution < 1.29 is 0 Å². The second kappa shape index (κ2) is 4.81. The molecule has 1 aromatic rings. The Labute approximate surface area is 123 Å². The molecule has 20 heavy (non-hydrogen) atoms. The average Bonchev–Trinajstić information content (AvgIpc) is 2.28. The SMILES string of the molecule is Cc1ccc(NC2(C#N)CC(C)(C)CC(C)(C)C2)cc1. The summed E-state index contributed by atoms with van der Waals surface area (Å²) < 4.78 is 0. The summed E-state index contributed by atoms with van der Waals surface area (Å²) in [7, 11) is 0. The second-order valence-electron chi connectivity index (χ2n) is 8.04. The van der Waals surface area contributed by atoms with Crippen molar-refractivity contribution in [3.8, 4) is 6.07 Å². The molecule has 2 heteroatoms. The lowest BCUT2D eigenvalue weighted by Crippen LogP contribution is -2.50. The highest BCUT2D eigenvalue weighted by Crippen LogP contribution is 2.50. The third-order valence-corrected chi connectivity index (χ3v) is 4.17. The number of benzene rings is 1. The van der Waals surface area contributed by atoms with Crippen LogP contribution in [0.4, 0.5) is 5.69 Å². The molecule has 0 saturated heterocycles. The topological polar surface area (TPSA) is 35.8 Å². The van der Waals surface area contributed by atoms with Gasteiger partial charge in [0.25, 0.3) is 0 Å². The zero-order chi connectivity index (χ0) is 15.0. The lowest BCUT2D eigenvalue weighted by atomic mass is 9.58. The minimum absolute atomic E-state index is 0.190. The fourth-order valence-corrected chi connectivity index (χ4v) is 4.23. The zero-order valence-electron chi connectivity index (χ0n) is 13.4. The summed E-state index contributed by atoms with van der Waals surface area (Å²) in [6, 6.07) is 10.9. The third kappa shape index (κ3) is 3.33. The Bertz CT molecular complexity index is 501. The summed E-state index contributed by atoms with van der Waals surface area (Å²) in [6.45, 7) is 11.2. The molecule has 2 nitrogen and oxygen atoms in total. The quantitative estimate of drug-likeness (QED) is 0.829. The maximum atomic E-state index is 9.81. The van der Waals surface area contributed by atoms with Gasteiger partial charge >= 0.3 is 0 Å². The number of hydrogen-bond donors (Lipinski definition) is 1. The molecule has 0 radical (unpaired) electrons. The van der Waals surface area contributed by atoms with Crippen LogP contribution in [0.2, 0.25) is 0 Å². The molecule has 0 aromatic heterocycles. The normalized spacial score (nSPS) is 22.8. The van der Waals surface area contributed by atoms with E-state index >= 15 is 0 Å². The molecule has 1 aliphatic rings. The Morgan fingerprint density at radius 2 is 1.45 bits per heavy atom. The van der Waals surface area contributed by atoms with Crippen molar-refractivity contribution >= 4 is 5.69 Å². The van der Waals surface area contributed by atoms with Crippen LogP contribution in [-0.2, 0) is 0 Å². The van der Waals surface area contributed by atoms with Crippen LogP contribution >= 0.6 is 0 Å². The van der Waals surface area contributed by atoms with Gasteiger partial charge in [-0.05, 0) is 49.1 Å². The van der Waals surface area contributed by atoms with Gasteiger partial charge in [-0.15, -0.1) is 0 Å². The first-order valence-electron chi connectivity index (χ1n) is 7.42. The van der Waals surface area contributed by atoms with E-state index in [0.717, 1.165) is 18.5 Å². The van der Waals surface area contributed by atoms with Gasteiger partial charge in [0.15, 0.2) is 0 Å². The van der Waals surface area contributed by atoms with Crippen molar-refractivity contribution in [3.63, 3.8) is 0 Å². The van der Waals surface area contributed by atoms with E-state index in [-0.39, 0.29) is 10.8 Å². The van der Waals surface area contributed by atoms with Crippen LogP contribution in [0.15, 0.2) is 24.3 Å². The fourth-order valence-electron chi connectivity index (χ4n) is 4.23. The highest BCUT2D eigenvalue weighted by atomic mass is 15.0. The van der Waals surface area contributed by atoms with Gasteiger partial charge in [0.2, 0.25) is 0 Å². The molecule has 1 aromatic carbocycles. The molecule has 1 aliphatic carbocycles. The van der Waals surface area contributed by atoms with Crippen molar-refractivity contribution in [2.24, 2.45) is 10.8 Å². The largest absolute Gasteiger partial charge is 0.367 e. The molecule has 0 spiro atoms. The number of nitriles is 1. The van der Waals surface area contributed by atoms with Crippen LogP contribution in [0.5, 0.6) is 0 Å². The van der Waals surface area contributed by atoms with Gasteiger partial charge in [0, 0.05) is 5.69 Å². The van der Waals surface area contributed by atoms with E-state index in [1.165, 1.54) is 12.0 Å². The Hall–Kier alpha value is -1.49. The second-order valence-corrected chi connectivity index (χ2v) is 8.04. The highest BCUT2D eigenvalue weighted by molar-refractivity contribution is 5.49. The molecule has 0 unspecified atom stereocenters. The smallest absolute Gasteiger partial charge is 0.126 e. The monoisotopic (exact) mass is 270 g/mol. The Kier molecular flexibility index (Phi) is 3.58. The predicted molar refractivity (Wildman–Crippen MR) is 84.6 cm³/mol. The summed E-state index contributed by atoms with van der Waals surface area (Å²) in [5.41, 5.74) is 2.21. The summed E-state index contributed by atoms with van der Waals surface area (Å²) >= 11 is 0. The molecular weight excluding hydrogens is 244 g/mol. The highest BCUT2D eigenvalue weighted by Gasteiger charge is 2.47. The first kappa shape index (κ1) is 14.9. The van der Waals surface area contributed by atoms with E-state index in [1.807, 2.05) is 0 Å². The summed E-state index contributed by atoms with van der Waals surface area (Å²) in [5, 5.41) is 13.3. The predicted octanol–water partition coefficient (Wildman–Crippen LogP) is 4.91. The molecule has 0 bridgehead atoms. The van der Waals surface area contributed by atoms with E-state index in [9.17, 15) is 5.26 Å². The number of rotatable bonds is 2. The maximum absolute atomic E-state index is 9.81. The van der Waals surface area contributed by atoms with Crippen LogP contribution in [0.3, 0.4) is 0 Å². The van der Waals surface area contributed by atoms with Crippen LogP contribution in [-0.4, -0.2) is 5.54 Å². The van der Waals surface area contributed by atoms with Crippen molar-refractivity contribution in [1.29, 1.82) is 5.26 Å². The molecule has 1 N–H and O–H groups in total. The lowest BCUT2D eigenvalue weighted by Gasteiger charge is -2.49. The van der Waals surface area contributed by atoms with Crippen LogP contribution in [0.1, 0.15) is 52.5 Å². The number of anilines is 1. The molecule has 0 atom stereocenters. The van der Waals surface area contributed by atoms with E-state index in [0.29, 0.717) is 0 Å². The van der Waals surface area contributed by atoms with E-state index < -0.39 is 5.54 Å². The van der Waals surface area contributed by atoms with E-state index in [4.69, 9.17) is 0 Å². The molecule has 2 rings (SSSR count). The Morgan fingerprint density at radius 3 is 1.90 bits per heavy atom. The molecule has 0 heterocycles. The van der Waals surface area contributed by atoms with Crippen LogP contribution < -0.4 is 5.32 Å². The first-order chi connectivity index (χ1) is 9.15. The van der Waals surface area contributed by atoms with Crippen molar-refractivity contribution in [2.45, 2.75) is 59.4 Å². The summed E-state index contributed by atoms with van der Waals surface area (Å²) in [4.78, 5) is 0. The summed E-state index contributed by atoms with van der Waals surface area (Å²) in [5.74, 6) is 0. The number of hydrogen-bond acceptors (Lipinski definition) is 2. The van der Waals surface area contributed by atoms with Gasteiger partial charge in [-0.3, -0.25) is 0 Å². The van der Waals surface area contributed by atoms with Crippen LogP contribution in [0, 0.1) is 29.1 Å². The van der Waals surface area contributed by atoms with E-state index in [1.54, 1.807) is 0 Å². The third-order valence-electron chi connectivity index (χ3n) is 4.17. The first-order valence-corrected chi connectivity index (χ1v) is 7.42. The van der Waals surface area contributed by atoms with Gasteiger partial charge in [-0.25, -0.2) is 0 Å². The van der Waals surface area contributed by atoms with Crippen molar-refractivity contribution in [3.05, 3.63) is 29.8 Å². The van der Waals surface area contributed by atoms with Gasteiger partial charge < -0.3 is 5.32 Å². The molecule has 108 valence electrons. The lowest BCUT2D eigenvalue weighted by molar-refractivity contribution is 0.0811. The number of aryl methyl sites for hydroxylation is 1. The molecule has 1 saturated carbocycles. The zero-order valence-corrected chi connectivity index (χ0v) is 13.4.